The van der Waals surface area contributed by atoms with Gasteiger partial charge in [0.15, 0.2) is 0 Å². The van der Waals surface area contributed by atoms with Gasteiger partial charge in [-0.15, -0.1) is 0 Å². The Bertz CT molecular complexity index is 360. The first-order chi connectivity index (χ1) is 7.13. The Hall–Kier alpha value is -1.02. The van der Waals surface area contributed by atoms with Crippen molar-refractivity contribution >= 4 is 5.69 Å². The molecular formula is C13H20N2. The van der Waals surface area contributed by atoms with Gasteiger partial charge in [0.25, 0.3) is 0 Å². The maximum absolute atomic E-state index is 3.43. The molecule has 1 N–H and O–H groups in total. The van der Waals surface area contributed by atoms with Crippen LogP contribution in [0.25, 0.3) is 0 Å². The number of rotatable bonds is 1. The Balaban J connectivity index is 2.49. The SMILES string of the molecule is CNC1c2cc(C)ccc2N(C)CC1C. The van der Waals surface area contributed by atoms with Crippen molar-refractivity contribution in [1.82, 2.24) is 5.32 Å². The van der Waals surface area contributed by atoms with Crippen LogP contribution in [0.3, 0.4) is 0 Å². The molecular weight excluding hydrogens is 184 g/mol. The van der Waals surface area contributed by atoms with Crippen LogP contribution in [-0.2, 0) is 0 Å². The lowest BCUT2D eigenvalue weighted by molar-refractivity contribution is 0.397. The van der Waals surface area contributed by atoms with E-state index < -0.39 is 0 Å². The summed E-state index contributed by atoms with van der Waals surface area (Å²) in [5.41, 5.74) is 4.16. The zero-order chi connectivity index (χ0) is 11.0. The van der Waals surface area contributed by atoms with E-state index in [2.05, 4.69) is 56.4 Å². The topological polar surface area (TPSA) is 15.3 Å². The average Bonchev–Trinajstić information content (AvgIpc) is 2.17. The number of aryl methyl sites for hydroxylation is 1. The molecule has 1 heterocycles. The molecule has 1 aromatic rings. The Kier molecular flexibility index (Phi) is 2.70. The third-order valence-electron chi connectivity index (χ3n) is 3.37. The van der Waals surface area contributed by atoms with Crippen LogP contribution in [0.15, 0.2) is 18.2 Å². The summed E-state index contributed by atoms with van der Waals surface area (Å²) in [5, 5.41) is 3.43. The quantitative estimate of drug-likeness (QED) is 0.755. The number of nitrogens with one attached hydrogen (secondary N) is 1. The summed E-state index contributed by atoms with van der Waals surface area (Å²) in [6.45, 7) is 5.59. The first kappa shape index (κ1) is 10.5. The maximum atomic E-state index is 3.43. The Morgan fingerprint density at radius 3 is 2.80 bits per heavy atom. The third kappa shape index (κ3) is 1.74. The van der Waals surface area contributed by atoms with E-state index in [9.17, 15) is 0 Å². The highest BCUT2D eigenvalue weighted by molar-refractivity contribution is 5.58. The molecule has 82 valence electrons. The van der Waals surface area contributed by atoms with Crippen LogP contribution >= 0.6 is 0 Å². The van der Waals surface area contributed by atoms with Crippen molar-refractivity contribution < 1.29 is 0 Å². The third-order valence-corrected chi connectivity index (χ3v) is 3.37. The van der Waals surface area contributed by atoms with Crippen LogP contribution in [0.1, 0.15) is 24.1 Å². The summed E-state index contributed by atoms with van der Waals surface area (Å²) >= 11 is 0. The average molecular weight is 204 g/mol. The zero-order valence-corrected chi connectivity index (χ0v) is 10.0. The van der Waals surface area contributed by atoms with Crippen molar-refractivity contribution in [3.63, 3.8) is 0 Å². The molecule has 15 heavy (non-hydrogen) atoms. The molecule has 0 aliphatic carbocycles. The molecule has 0 saturated heterocycles. The highest BCUT2D eigenvalue weighted by Gasteiger charge is 2.27. The van der Waals surface area contributed by atoms with Crippen LogP contribution in [0.5, 0.6) is 0 Å². The summed E-state index contributed by atoms with van der Waals surface area (Å²) in [6, 6.07) is 7.23. The van der Waals surface area contributed by atoms with Gasteiger partial charge in [-0.05, 0) is 31.5 Å². The van der Waals surface area contributed by atoms with E-state index >= 15 is 0 Å². The molecule has 0 aromatic heterocycles. The minimum Gasteiger partial charge on any atom is -0.374 e. The van der Waals surface area contributed by atoms with Crippen LogP contribution in [0, 0.1) is 12.8 Å². The van der Waals surface area contributed by atoms with Crippen molar-refractivity contribution in [3.8, 4) is 0 Å². The van der Waals surface area contributed by atoms with E-state index in [0.29, 0.717) is 12.0 Å². The summed E-state index contributed by atoms with van der Waals surface area (Å²) in [5.74, 6) is 0.661. The van der Waals surface area contributed by atoms with Gasteiger partial charge in [-0.25, -0.2) is 0 Å². The van der Waals surface area contributed by atoms with Crippen LogP contribution in [0.2, 0.25) is 0 Å². The maximum Gasteiger partial charge on any atom is 0.0412 e. The molecule has 2 nitrogen and oxygen atoms in total. The minimum absolute atomic E-state index is 0.496. The lowest BCUT2D eigenvalue weighted by Gasteiger charge is -2.38. The van der Waals surface area contributed by atoms with E-state index in [4.69, 9.17) is 0 Å². The van der Waals surface area contributed by atoms with Crippen molar-refractivity contribution in [2.45, 2.75) is 19.9 Å². The number of anilines is 1. The van der Waals surface area contributed by atoms with E-state index in [0.717, 1.165) is 6.54 Å². The number of benzene rings is 1. The van der Waals surface area contributed by atoms with Crippen molar-refractivity contribution in [2.75, 3.05) is 25.5 Å². The molecule has 0 amide bonds. The summed E-state index contributed by atoms with van der Waals surface area (Å²) in [4.78, 5) is 2.35. The molecule has 2 atom stereocenters. The first-order valence-corrected chi connectivity index (χ1v) is 5.62. The lowest BCUT2D eigenvalue weighted by atomic mass is 9.88. The molecule has 0 spiro atoms. The molecule has 0 radical (unpaired) electrons. The highest BCUT2D eigenvalue weighted by Crippen LogP contribution is 2.36. The van der Waals surface area contributed by atoms with Gasteiger partial charge >= 0.3 is 0 Å². The summed E-state index contributed by atoms with van der Waals surface area (Å²) in [6.07, 6.45) is 0. The van der Waals surface area contributed by atoms with Gasteiger partial charge in [-0.2, -0.15) is 0 Å². The molecule has 2 unspecified atom stereocenters. The highest BCUT2D eigenvalue weighted by atomic mass is 15.1. The van der Waals surface area contributed by atoms with Crippen LogP contribution in [-0.4, -0.2) is 20.6 Å². The van der Waals surface area contributed by atoms with Gasteiger partial charge in [0.05, 0.1) is 0 Å². The molecule has 0 bridgehead atoms. The van der Waals surface area contributed by atoms with Crippen LogP contribution < -0.4 is 10.2 Å². The molecule has 1 aliphatic rings. The summed E-state index contributed by atoms with van der Waals surface area (Å²) in [7, 11) is 4.23. The van der Waals surface area contributed by atoms with Crippen molar-refractivity contribution in [1.29, 1.82) is 0 Å². The predicted octanol–water partition coefficient (Wildman–Crippen LogP) is 2.34. The van der Waals surface area contributed by atoms with Gasteiger partial charge in [-0.3, -0.25) is 0 Å². The van der Waals surface area contributed by atoms with Crippen molar-refractivity contribution in [2.24, 2.45) is 5.92 Å². The fourth-order valence-electron chi connectivity index (χ4n) is 2.65. The van der Waals surface area contributed by atoms with Crippen molar-refractivity contribution in [3.05, 3.63) is 29.3 Å². The zero-order valence-electron chi connectivity index (χ0n) is 10.0. The molecule has 2 rings (SSSR count). The minimum atomic E-state index is 0.496. The van der Waals surface area contributed by atoms with E-state index in [1.807, 2.05) is 0 Å². The number of hydrogen-bond acceptors (Lipinski definition) is 2. The van der Waals surface area contributed by atoms with Crippen LogP contribution in [0.4, 0.5) is 5.69 Å². The first-order valence-electron chi connectivity index (χ1n) is 5.62. The fourth-order valence-corrected chi connectivity index (χ4v) is 2.65. The smallest absolute Gasteiger partial charge is 0.0412 e. The monoisotopic (exact) mass is 204 g/mol. The van der Waals surface area contributed by atoms with Gasteiger partial charge in [0, 0.05) is 25.3 Å². The lowest BCUT2D eigenvalue weighted by Crippen LogP contribution is -2.38. The van der Waals surface area contributed by atoms with E-state index in [-0.39, 0.29) is 0 Å². The van der Waals surface area contributed by atoms with Gasteiger partial charge in [-0.1, -0.05) is 24.6 Å². The second-order valence-electron chi connectivity index (χ2n) is 4.69. The second-order valence-corrected chi connectivity index (χ2v) is 4.69. The molecule has 2 heteroatoms. The number of hydrogen-bond donors (Lipinski definition) is 1. The van der Waals surface area contributed by atoms with Gasteiger partial charge in [0.2, 0.25) is 0 Å². The number of fused-ring (bicyclic) bond motifs is 1. The molecule has 1 aromatic carbocycles. The van der Waals surface area contributed by atoms with E-state index in [1.165, 1.54) is 16.8 Å². The Morgan fingerprint density at radius 1 is 1.40 bits per heavy atom. The second kappa shape index (κ2) is 3.86. The summed E-state index contributed by atoms with van der Waals surface area (Å²) < 4.78 is 0. The van der Waals surface area contributed by atoms with Gasteiger partial charge < -0.3 is 10.2 Å². The fraction of sp³-hybridized carbons (Fsp3) is 0.538. The van der Waals surface area contributed by atoms with E-state index in [1.54, 1.807) is 0 Å². The predicted molar refractivity (Wildman–Crippen MR) is 65.4 cm³/mol. The molecule has 0 saturated carbocycles. The Labute approximate surface area is 92.3 Å². The van der Waals surface area contributed by atoms with Gasteiger partial charge in [0.1, 0.15) is 0 Å². The largest absolute Gasteiger partial charge is 0.374 e. The Morgan fingerprint density at radius 2 is 2.13 bits per heavy atom. The normalized spacial score (nSPS) is 25.2. The standard InChI is InChI=1S/C13H20N2/c1-9-5-6-12-11(7-9)13(14-3)10(2)8-15(12)4/h5-7,10,13-14H,8H2,1-4H3. The number of nitrogens with zero attached hydrogens (tertiary/aromatic N) is 1. The molecule has 0 fully saturated rings. The molecule has 1 aliphatic heterocycles.